The first-order chi connectivity index (χ1) is 12.7. The molecule has 0 N–H and O–H groups in total. The van der Waals surface area contributed by atoms with Crippen LogP contribution in [-0.4, -0.2) is 40.7 Å². The minimum atomic E-state index is 0.747. The van der Waals surface area contributed by atoms with Crippen LogP contribution in [0.25, 0.3) is 21.6 Å². The average molecular weight is 405 g/mol. The lowest BCUT2D eigenvalue weighted by atomic mass is 9.89. The van der Waals surface area contributed by atoms with E-state index in [0.29, 0.717) is 0 Å². The lowest BCUT2D eigenvalue weighted by Crippen LogP contribution is -2.08. The number of hydrogen-bond acceptors (Lipinski definition) is 7. The van der Waals surface area contributed by atoms with Gasteiger partial charge in [-0.3, -0.25) is 0 Å². The Morgan fingerprint density at radius 1 is 1.04 bits per heavy atom. The first kappa shape index (κ1) is 16.8. The fourth-order valence-electron chi connectivity index (χ4n) is 3.77. The maximum atomic E-state index is 4.58. The first-order valence-electron chi connectivity index (χ1n) is 9.05. The number of thioether (sulfide) groups is 2. The smallest absolute Gasteiger partial charge is 0.245 e. The highest BCUT2D eigenvalue weighted by molar-refractivity contribution is 7.99. The standard InChI is InChI=1S/C17H20N6S3/c1-4-24-16-20-18-13-12-10-7-6-9(3)8-11(10)26-14(12)23-15(22(13)16)19-21-17(23)25-5-2/h9H,4-8H2,1-3H3/t9-/m1/s1. The molecule has 1 aliphatic carbocycles. The number of rotatable bonds is 4. The van der Waals surface area contributed by atoms with E-state index in [1.54, 1.807) is 23.5 Å². The number of fused-ring (bicyclic) bond motifs is 8. The zero-order valence-corrected chi connectivity index (χ0v) is 17.5. The van der Waals surface area contributed by atoms with Crippen LogP contribution in [0, 0.1) is 5.92 Å². The summed E-state index contributed by atoms with van der Waals surface area (Å²) in [6, 6.07) is 0. The number of hydrogen-bond donors (Lipinski definition) is 0. The second-order valence-corrected chi connectivity index (χ2v) is 10.2. The molecular formula is C17H20N6S3. The van der Waals surface area contributed by atoms with E-state index >= 15 is 0 Å². The van der Waals surface area contributed by atoms with Gasteiger partial charge in [0.05, 0.1) is 5.39 Å². The molecule has 9 heteroatoms. The Balaban J connectivity index is 1.95. The predicted molar refractivity (Wildman–Crippen MR) is 109 cm³/mol. The van der Waals surface area contributed by atoms with Crippen molar-refractivity contribution in [2.75, 3.05) is 11.5 Å². The van der Waals surface area contributed by atoms with Crippen LogP contribution in [0.2, 0.25) is 0 Å². The Bertz CT molecular complexity index is 1120. The molecule has 4 heterocycles. The minimum Gasteiger partial charge on any atom is -0.245 e. The van der Waals surface area contributed by atoms with Gasteiger partial charge in [-0.2, -0.15) is 0 Å². The number of thiophene rings is 1. The van der Waals surface area contributed by atoms with E-state index in [0.717, 1.165) is 52.0 Å². The molecule has 0 saturated heterocycles. The molecule has 0 aliphatic heterocycles. The highest BCUT2D eigenvalue weighted by atomic mass is 32.2. The molecule has 0 amide bonds. The first-order valence-corrected chi connectivity index (χ1v) is 11.8. The molecule has 0 fully saturated rings. The summed E-state index contributed by atoms with van der Waals surface area (Å²) in [6.45, 7) is 6.64. The molecule has 136 valence electrons. The van der Waals surface area contributed by atoms with E-state index < -0.39 is 0 Å². The average Bonchev–Trinajstić information content (AvgIpc) is 3.30. The lowest BCUT2D eigenvalue weighted by molar-refractivity contribution is 0.509. The third-order valence-corrected chi connectivity index (χ3v) is 7.78. The summed E-state index contributed by atoms with van der Waals surface area (Å²) in [5.41, 5.74) is 2.41. The molecule has 6 nitrogen and oxygen atoms in total. The van der Waals surface area contributed by atoms with Crippen molar-refractivity contribution in [1.29, 1.82) is 0 Å². The van der Waals surface area contributed by atoms with Gasteiger partial charge in [0, 0.05) is 4.88 Å². The Labute approximate surface area is 163 Å². The topological polar surface area (TPSA) is 60.4 Å². The highest BCUT2D eigenvalue weighted by Gasteiger charge is 2.27. The van der Waals surface area contributed by atoms with Crippen LogP contribution >= 0.6 is 34.9 Å². The Morgan fingerprint density at radius 2 is 1.77 bits per heavy atom. The van der Waals surface area contributed by atoms with Gasteiger partial charge in [0.1, 0.15) is 4.83 Å². The molecule has 0 saturated carbocycles. The van der Waals surface area contributed by atoms with E-state index in [4.69, 9.17) is 0 Å². The molecule has 26 heavy (non-hydrogen) atoms. The predicted octanol–water partition coefficient (Wildman–Crippen LogP) is 4.34. The van der Waals surface area contributed by atoms with E-state index in [-0.39, 0.29) is 0 Å². The van der Waals surface area contributed by atoms with Crippen molar-refractivity contribution in [2.24, 2.45) is 5.92 Å². The normalized spacial score (nSPS) is 17.6. The SMILES string of the molecule is CCSc1nnc2c3c4c(sc3n3c(SCC)nnc3n12)C[C@H](C)CC4. The maximum Gasteiger partial charge on any atom is 0.245 e. The molecule has 0 unspecified atom stereocenters. The summed E-state index contributed by atoms with van der Waals surface area (Å²) < 4.78 is 4.33. The van der Waals surface area contributed by atoms with Crippen molar-refractivity contribution in [3.63, 3.8) is 0 Å². The van der Waals surface area contributed by atoms with Gasteiger partial charge in [0.2, 0.25) is 5.78 Å². The molecule has 1 atom stereocenters. The fraction of sp³-hybridized carbons (Fsp3) is 0.529. The van der Waals surface area contributed by atoms with Gasteiger partial charge >= 0.3 is 0 Å². The number of nitrogens with zero attached hydrogens (tertiary/aromatic N) is 6. The second kappa shape index (κ2) is 6.38. The third-order valence-electron chi connectivity index (χ3n) is 4.92. The van der Waals surface area contributed by atoms with Crippen molar-refractivity contribution in [1.82, 2.24) is 29.2 Å². The number of aryl methyl sites for hydroxylation is 1. The van der Waals surface area contributed by atoms with Crippen molar-refractivity contribution in [3.05, 3.63) is 10.4 Å². The van der Waals surface area contributed by atoms with E-state index in [9.17, 15) is 0 Å². The van der Waals surface area contributed by atoms with Gasteiger partial charge in [0.25, 0.3) is 0 Å². The van der Waals surface area contributed by atoms with Crippen LogP contribution in [0.5, 0.6) is 0 Å². The molecule has 0 radical (unpaired) electrons. The van der Waals surface area contributed by atoms with E-state index in [1.807, 2.05) is 11.3 Å². The summed E-state index contributed by atoms with van der Waals surface area (Å²) in [5.74, 6) is 3.50. The van der Waals surface area contributed by atoms with Crippen LogP contribution in [0.3, 0.4) is 0 Å². The molecule has 0 spiro atoms. The molecule has 4 aromatic rings. The zero-order valence-electron chi connectivity index (χ0n) is 15.0. The largest absolute Gasteiger partial charge is 0.245 e. The van der Waals surface area contributed by atoms with Gasteiger partial charge < -0.3 is 0 Å². The maximum absolute atomic E-state index is 4.58. The molecule has 5 rings (SSSR count). The van der Waals surface area contributed by atoms with Gasteiger partial charge in [-0.25, -0.2) is 8.80 Å². The Kier molecular flexibility index (Phi) is 4.13. The van der Waals surface area contributed by atoms with Crippen molar-refractivity contribution >= 4 is 56.5 Å². The van der Waals surface area contributed by atoms with Crippen LogP contribution in [-0.2, 0) is 12.8 Å². The van der Waals surface area contributed by atoms with E-state index in [2.05, 4.69) is 50.0 Å². The Hall–Kier alpha value is -1.32. The van der Waals surface area contributed by atoms with Crippen LogP contribution in [0.15, 0.2) is 10.3 Å². The fourth-order valence-corrected chi connectivity index (χ4v) is 6.64. The molecule has 0 aromatic carbocycles. The summed E-state index contributed by atoms with van der Waals surface area (Å²) in [6.07, 6.45) is 3.52. The van der Waals surface area contributed by atoms with Gasteiger partial charge in [-0.05, 0) is 42.2 Å². The molecule has 0 bridgehead atoms. The van der Waals surface area contributed by atoms with Crippen LogP contribution in [0.1, 0.15) is 37.6 Å². The molecule has 1 aliphatic rings. The van der Waals surface area contributed by atoms with Gasteiger partial charge in [0.15, 0.2) is 16.0 Å². The van der Waals surface area contributed by atoms with Crippen molar-refractivity contribution in [3.8, 4) is 0 Å². The van der Waals surface area contributed by atoms with Gasteiger partial charge in [-0.15, -0.1) is 31.7 Å². The Morgan fingerprint density at radius 3 is 2.54 bits per heavy atom. The van der Waals surface area contributed by atoms with Crippen molar-refractivity contribution < 1.29 is 0 Å². The van der Waals surface area contributed by atoms with Gasteiger partial charge in [-0.1, -0.05) is 44.3 Å². The molecular weight excluding hydrogens is 384 g/mol. The summed E-state index contributed by atoms with van der Waals surface area (Å²) in [4.78, 5) is 2.73. The number of aromatic nitrogens is 6. The zero-order chi connectivity index (χ0) is 17.8. The third kappa shape index (κ3) is 2.33. The molecule has 4 aromatic heterocycles. The summed E-state index contributed by atoms with van der Waals surface area (Å²) >= 11 is 5.34. The van der Waals surface area contributed by atoms with E-state index in [1.165, 1.54) is 27.1 Å². The summed E-state index contributed by atoms with van der Waals surface area (Å²) in [7, 11) is 0. The quantitative estimate of drug-likeness (QED) is 0.472. The minimum absolute atomic E-state index is 0.747. The highest BCUT2D eigenvalue weighted by Crippen LogP contribution is 2.41. The van der Waals surface area contributed by atoms with Crippen LogP contribution < -0.4 is 0 Å². The lowest BCUT2D eigenvalue weighted by Gasteiger charge is -2.17. The second-order valence-electron chi connectivity index (χ2n) is 6.66. The van der Waals surface area contributed by atoms with Crippen molar-refractivity contribution in [2.45, 2.75) is 50.3 Å². The van der Waals surface area contributed by atoms with Crippen LogP contribution in [0.4, 0.5) is 0 Å². The monoisotopic (exact) mass is 404 g/mol. The summed E-state index contributed by atoms with van der Waals surface area (Å²) in [5, 5.41) is 21.2.